The number of ether oxygens (including phenoxy) is 5. The van der Waals surface area contributed by atoms with Crippen LogP contribution in [0.25, 0.3) is 0 Å². The minimum Gasteiger partial charge on any atom is -0.493 e. The number of ketones is 1. The van der Waals surface area contributed by atoms with E-state index in [9.17, 15) is 9.59 Å². The first-order valence-electron chi connectivity index (χ1n) is 9.66. The van der Waals surface area contributed by atoms with Gasteiger partial charge in [0.1, 0.15) is 0 Å². The van der Waals surface area contributed by atoms with Crippen molar-refractivity contribution in [1.29, 1.82) is 0 Å². The monoisotopic (exact) mass is 414 g/mol. The number of esters is 1. The van der Waals surface area contributed by atoms with Gasteiger partial charge in [-0.2, -0.15) is 0 Å². The Balaban J connectivity index is 2.23. The van der Waals surface area contributed by atoms with Crippen LogP contribution in [0, 0.1) is 5.92 Å². The van der Waals surface area contributed by atoms with Gasteiger partial charge in [-0.25, -0.2) is 0 Å². The van der Waals surface area contributed by atoms with Gasteiger partial charge in [-0.05, 0) is 42.3 Å². The second-order valence-electron chi connectivity index (χ2n) is 6.87. The summed E-state index contributed by atoms with van der Waals surface area (Å²) in [6, 6.07) is 8.91. The summed E-state index contributed by atoms with van der Waals surface area (Å²) in [5.41, 5.74) is 2.01. The van der Waals surface area contributed by atoms with E-state index in [-0.39, 0.29) is 18.8 Å². The number of benzene rings is 2. The van der Waals surface area contributed by atoms with Crippen LogP contribution in [0.1, 0.15) is 40.7 Å². The largest absolute Gasteiger partial charge is 0.493 e. The summed E-state index contributed by atoms with van der Waals surface area (Å²) < 4.78 is 26.9. The van der Waals surface area contributed by atoms with Gasteiger partial charge in [-0.3, -0.25) is 9.59 Å². The normalized spacial score (nSPS) is 17.7. The predicted octanol–water partition coefficient (Wildman–Crippen LogP) is 3.62. The number of fused-ring (bicyclic) bond motifs is 1. The molecule has 0 heterocycles. The molecule has 0 amide bonds. The molecule has 0 fully saturated rings. The standard InChI is InChI=1S/C23H26O7/c1-6-30-23(25)16-10-17(24)14-11-20(28-4)21(29-5)12-15(14)22(16)13-7-8-18(26-2)19(9-13)27-3/h7-9,11-12,16,22H,6,10H2,1-5H3/t16-,22+/m0/s1. The summed E-state index contributed by atoms with van der Waals surface area (Å²) >= 11 is 0. The second-order valence-corrected chi connectivity index (χ2v) is 6.87. The third-order valence-corrected chi connectivity index (χ3v) is 5.35. The first-order chi connectivity index (χ1) is 14.5. The molecule has 0 unspecified atom stereocenters. The highest BCUT2D eigenvalue weighted by atomic mass is 16.5. The molecule has 0 N–H and O–H groups in total. The quantitative estimate of drug-likeness (QED) is 0.640. The highest BCUT2D eigenvalue weighted by Gasteiger charge is 2.41. The molecule has 0 aromatic heterocycles. The van der Waals surface area contributed by atoms with Crippen molar-refractivity contribution in [3.05, 3.63) is 47.0 Å². The molecule has 7 heteroatoms. The van der Waals surface area contributed by atoms with Crippen molar-refractivity contribution in [2.24, 2.45) is 5.92 Å². The molecule has 7 nitrogen and oxygen atoms in total. The average Bonchev–Trinajstić information content (AvgIpc) is 2.77. The third-order valence-electron chi connectivity index (χ3n) is 5.35. The van der Waals surface area contributed by atoms with Gasteiger partial charge in [0.15, 0.2) is 28.8 Å². The Labute approximate surface area is 175 Å². The van der Waals surface area contributed by atoms with Crippen LogP contribution in [0.3, 0.4) is 0 Å². The van der Waals surface area contributed by atoms with Gasteiger partial charge >= 0.3 is 5.97 Å². The summed E-state index contributed by atoms with van der Waals surface area (Å²) in [6.07, 6.45) is 0.0420. The van der Waals surface area contributed by atoms with Gasteiger partial charge in [0.2, 0.25) is 0 Å². The summed E-state index contributed by atoms with van der Waals surface area (Å²) in [5, 5.41) is 0. The van der Waals surface area contributed by atoms with Crippen LogP contribution < -0.4 is 18.9 Å². The number of rotatable bonds is 7. The van der Waals surface area contributed by atoms with E-state index in [1.807, 2.05) is 12.1 Å². The van der Waals surface area contributed by atoms with E-state index in [2.05, 4.69) is 0 Å². The van der Waals surface area contributed by atoms with Gasteiger partial charge in [0.25, 0.3) is 0 Å². The van der Waals surface area contributed by atoms with Crippen molar-refractivity contribution in [1.82, 2.24) is 0 Å². The van der Waals surface area contributed by atoms with Crippen molar-refractivity contribution in [3.63, 3.8) is 0 Å². The Kier molecular flexibility index (Phi) is 6.50. The summed E-state index contributed by atoms with van der Waals surface area (Å²) in [5.74, 6) is 0.429. The maximum atomic E-state index is 12.9. The number of hydrogen-bond acceptors (Lipinski definition) is 7. The fraction of sp³-hybridized carbons (Fsp3) is 0.391. The van der Waals surface area contributed by atoms with E-state index < -0.39 is 17.8 Å². The van der Waals surface area contributed by atoms with Crippen molar-refractivity contribution in [2.75, 3.05) is 35.0 Å². The molecule has 0 saturated carbocycles. The smallest absolute Gasteiger partial charge is 0.310 e. The summed E-state index contributed by atoms with van der Waals surface area (Å²) in [4.78, 5) is 25.7. The molecule has 0 saturated heterocycles. The molecule has 2 atom stereocenters. The number of hydrogen-bond donors (Lipinski definition) is 0. The molecule has 1 aliphatic rings. The van der Waals surface area contributed by atoms with Crippen LogP contribution in [0.2, 0.25) is 0 Å². The number of carbonyl (C=O) groups excluding carboxylic acids is 2. The van der Waals surface area contributed by atoms with Crippen LogP contribution in [0.5, 0.6) is 23.0 Å². The van der Waals surface area contributed by atoms with E-state index in [1.54, 1.807) is 39.3 Å². The molecule has 30 heavy (non-hydrogen) atoms. The zero-order chi connectivity index (χ0) is 21.8. The molecule has 160 valence electrons. The minimum absolute atomic E-state index is 0.0420. The molecular weight excluding hydrogens is 388 g/mol. The Morgan fingerprint density at radius 2 is 1.50 bits per heavy atom. The van der Waals surface area contributed by atoms with Crippen LogP contribution in [-0.2, 0) is 9.53 Å². The fourth-order valence-corrected chi connectivity index (χ4v) is 3.96. The van der Waals surface area contributed by atoms with E-state index >= 15 is 0 Å². The molecule has 0 bridgehead atoms. The first-order valence-corrected chi connectivity index (χ1v) is 9.66. The van der Waals surface area contributed by atoms with Crippen LogP contribution in [0.15, 0.2) is 30.3 Å². The van der Waals surface area contributed by atoms with Crippen LogP contribution in [0.4, 0.5) is 0 Å². The molecule has 3 rings (SSSR count). The van der Waals surface area contributed by atoms with Crippen LogP contribution >= 0.6 is 0 Å². The molecule has 2 aromatic carbocycles. The number of Topliss-reactive ketones (excluding diaryl/α,β-unsaturated/α-hetero) is 1. The Hall–Kier alpha value is -3.22. The van der Waals surface area contributed by atoms with Crippen molar-refractivity contribution >= 4 is 11.8 Å². The van der Waals surface area contributed by atoms with Crippen molar-refractivity contribution < 1.29 is 33.3 Å². The van der Waals surface area contributed by atoms with Crippen LogP contribution in [-0.4, -0.2) is 46.8 Å². The lowest BCUT2D eigenvalue weighted by Gasteiger charge is -2.32. The Morgan fingerprint density at radius 1 is 0.900 bits per heavy atom. The molecule has 0 radical (unpaired) electrons. The minimum atomic E-state index is -0.666. The molecule has 1 aliphatic carbocycles. The number of methoxy groups -OCH3 is 4. The van der Waals surface area contributed by atoms with Gasteiger partial charge in [0.05, 0.1) is 41.0 Å². The zero-order valence-corrected chi connectivity index (χ0v) is 17.8. The molecule has 0 spiro atoms. The SMILES string of the molecule is CCOC(=O)[C@H]1CC(=O)c2cc(OC)c(OC)cc2[C@H]1c1ccc(OC)c(OC)c1. The van der Waals surface area contributed by atoms with E-state index in [0.29, 0.717) is 34.1 Å². The fourth-order valence-electron chi connectivity index (χ4n) is 3.96. The first kappa shape index (κ1) is 21.5. The lowest BCUT2D eigenvalue weighted by atomic mass is 9.71. The maximum absolute atomic E-state index is 12.9. The molecule has 0 aliphatic heterocycles. The van der Waals surface area contributed by atoms with Gasteiger partial charge in [-0.15, -0.1) is 0 Å². The predicted molar refractivity (Wildman–Crippen MR) is 110 cm³/mol. The Bertz CT molecular complexity index is 951. The zero-order valence-electron chi connectivity index (χ0n) is 17.8. The lowest BCUT2D eigenvalue weighted by molar-refractivity contribution is -0.148. The maximum Gasteiger partial charge on any atom is 0.310 e. The summed E-state index contributed by atoms with van der Waals surface area (Å²) in [7, 11) is 6.16. The van der Waals surface area contributed by atoms with E-state index in [0.717, 1.165) is 5.56 Å². The molecular formula is C23H26O7. The van der Waals surface area contributed by atoms with E-state index in [4.69, 9.17) is 23.7 Å². The average molecular weight is 414 g/mol. The lowest BCUT2D eigenvalue weighted by Crippen LogP contribution is -2.33. The second kappa shape index (κ2) is 9.07. The topological polar surface area (TPSA) is 80.3 Å². The summed E-state index contributed by atoms with van der Waals surface area (Å²) in [6.45, 7) is 1.98. The molecule has 2 aromatic rings. The van der Waals surface area contributed by atoms with Crippen molar-refractivity contribution in [3.8, 4) is 23.0 Å². The van der Waals surface area contributed by atoms with Gasteiger partial charge < -0.3 is 23.7 Å². The highest BCUT2D eigenvalue weighted by molar-refractivity contribution is 6.02. The van der Waals surface area contributed by atoms with Gasteiger partial charge in [-0.1, -0.05) is 6.07 Å². The third kappa shape index (κ3) is 3.79. The van der Waals surface area contributed by atoms with E-state index in [1.165, 1.54) is 14.2 Å². The highest BCUT2D eigenvalue weighted by Crippen LogP contribution is 2.46. The number of carbonyl (C=O) groups is 2. The van der Waals surface area contributed by atoms with Gasteiger partial charge in [0, 0.05) is 17.9 Å². The Morgan fingerprint density at radius 3 is 2.10 bits per heavy atom. The van der Waals surface area contributed by atoms with Crippen molar-refractivity contribution in [2.45, 2.75) is 19.3 Å².